The molecule has 11 nitrogen and oxygen atoms in total. The summed E-state index contributed by atoms with van der Waals surface area (Å²) in [6, 6.07) is 0. The molecule has 3 unspecified atom stereocenters. The van der Waals surface area contributed by atoms with Crippen molar-refractivity contribution in [1.29, 1.82) is 0 Å². The second-order valence-corrected chi connectivity index (χ2v) is 19.5. The Morgan fingerprint density at radius 1 is 0.414 bits per heavy atom. The normalized spacial score (nSPS) is 14.1. The van der Waals surface area contributed by atoms with Crippen LogP contribution in [0, 0.1) is 0 Å². The molecule has 0 rings (SSSR count). The Bertz CT molecular complexity index is 1500. The zero-order chi connectivity index (χ0) is 51.3. The van der Waals surface area contributed by atoms with Gasteiger partial charge < -0.3 is 24.2 Å². The number of aliphatic hydroxyl groups excluding tert-OH is 1. The summed E-state index contributed by atoms with van der Waals surface area (Å²) in [5.41, 5.74) is 0. The Morgan fingerprint density at radius 2 is 0.771 bits per heavy atom. The van der Waals surface area contributed by atoms with Gasteiger partial charge in [-0.1, -0.05) is 209 Å². The summed E-state index contributed by atoms with van der Waals surface area (Å²) < 4.78 is 39.3. The predicted octanol–water partition coefficient (Wildman–Crippen LogP) is 15.9. The van der Waals surface area contributed by atoms with Gasteiger partial charge in [-0.05, 0) is 83.5 Å². The molecule has 12 heteroatoms. The van der Waals surface area contributed by atoms with Crippen LogP contribution in [0.3, 0.4) is 0 Å². The Kier molecular flexibility index (Phi) is 49.5. The highest BCUT2D eigenvalue weighted by molar-refractivity contribution is 7.47. The third kappa shape index (κ3) is 49.6. The van der Waals surface area contributed by atoms with Crippen molar-refractivity contribution in [2.24, 2.45) is 0 Å². The number of carbonyl (C=O) groups excluding carboxylic acids is 3. The minimum Gasteiger partial charge on any atom is -0.462 e. The molecule has 0 saturated carbocycles. The molecular formula is C58H99O11P. The lowest BCUT2D eigenvalue weighted by Gasteiger charge is -2.21. The Balaban J connectivity index is 4.78. The first-order valence-corrected chi connectivity index (χ1v) is 29.0. The second kappa shape index (κ2) is 52.0. The topological polar surface area (TPSA) is 155 Å². The number of phosphoric acid groups is 1. The van der Waals surface area contributed by atoms with Crippen LogP contribution in [0.25, 0.3) is 0 Å². The van der Waals surface area contributed by atoms with Gasteiger partial charge in [0.25, 0.3) is 0 Å². The van der Waals surface area contributed by atoms with Crippen LogP contribution in [0.1, 0.15) is 226 Å². The number of esters is 3. The number of allylic oxidation sites excluding steroid dienone is 14. The molecule has 0 aromatic rings. The van der Waals surface area contributed by atoms with Crippen molar-refractivity contribution in [1.82, 2.24) is 0 Å². The Labute approximate surface area is 426 Å². The number of phosphoric ester groups is 1. The lowest BCUT2D eigenvalue weighted by atomic mass is 10.1. The first-order chi connectivity index (χ1) is 34.2. The van der Waals surface area contributed by atoms with E-state index in [9.17, 15) is 28.9 Å². The van der Waals surface area contributed by atoms with Crippen molar-refractivity contribution in [3.05, 3.63) is 85.1 Å². The maximum Gasteiger partial charge on any atom is 0.472 e. The maximum absolute atomic E-state index is 12.9. The van der Waals surface area contributed by atoms with Gasteiger partial charge in [-0.3, -0.25) is 23.4 Å². The standard InChI is InChI=1S/C58H99O11P/c1-4-7-10-13-16-19-21-23-25-26-27-28-30-32-34-37-40-43-46-49-58(62)69-55(51-65-56(60)47-44-41-38-35-18-15-12-9-6-3)53-67-70(63,64)66-52-54(50-59)68-57(61)48-45-42-39-36-33-31-29-24-22-20-17-14-11-8-5-2/h7,10,16,19,23-25,27-29,32,34,40,43,54-55,59H,4-6,8-9,11-15,17-18,20-22,26,30-31,33,35-39,41-42,44-53H2,1-3H3,(H,63,64)/b10-7-,19-16-,25-23-,28-27-,29-24-,34-32-,43-40-. The number of rotatable bonds is 50. The quantitative estimate of drug-likeness (QED) is 0.0197. The van der Waals surface area contributed by atoms with E-state index in [1.165, 1.54) is 70.6 Å². The number of unbranched alkanes of at least 4 members (excludes halogenated alkanes) is 19. The fourth-order valence-corrected chi connectivity index (χ4v) is 7.92. The van der Waals surface area contributed by atoms with E-state index in [0.717, 1.165) is 89.9 Å². The van der Waals surface area contributed by atoms with Crippen molar-refractivity contribution in [2.45, 2.75) is 238 Å². The molecule has 0 aliphatic heterocycles. The summed E-state index contributed by atoms with van der Waals surface area (Å²) in [4.78, 5) is 48.3. The van der Waals surface area contributed by atoms with Gasteiger partial charge in [0.15, 0.2) is 6.10 Å². The van der Waals surface area contributed by atoms with Crippen molar-refractivity contribution in [2.75, 3.05) is 26.4 Å². The van der Waals surface area contributed by atoms with Gasteiger partial charge in [0.2, 0.25) is 0 Å². The average molecular weight is 1000 g/mol. The van der Waals surface area contributed by atoms with Gasteiger partial charge >= 0.3 is 25.7 Å². The summed E-state index contributed by atoms with van der Waals surface area (Å²) in [5, 5.41) is 9.79. The van der Waals surface area contributed by atoms with E-state index in [0.29, 0.717) is 25.7 Å². The molecular weight excluding hydrogens is 904 g/mol. The van der Waals surface area contributed by atoms with E-state index in [-0.39, 0.29) is 25.9 Å². The van der Waals surface area contributed by atoms with Crippen LogP contribution in [0.15, 0.2) is 85.1 Å². The molecule has 3 atom stereocenters. The second-order valence-electron chi connectivity index (χ2n) is 18.0. The summed E-state index contributed by atoms with van der Waals surface area (Å²) >= 11 is 0. The molecule has 70 heavy (non-hydrogen) atoms. The molecule has 0 spiro atoms. The summed E-state index contributed by atoms with van der Waals surface area (Å²) in [7, 11) is -4.76. The van der Waals surface area contributed by atoms with Crippen molar-refractivity contribution < 1.29 is 52.2 Å². The fourth-order valence-electron chi connectivity index (χ4n) is 7.14. The highest BCUT2D eigenvalue weighted by atomic mass is 31.2. The minimum absolute atomic E-state index is 0.0406. The molecule has 0 aromatic carbocycles. The van der Waals surface area contributed by atoms with E-state index in [1.54, 1.807) is 0 Å². The van der Waals surface area contributed by atoms with E-state index in [2.05, 4.69) is 93.7 Å². The van der Waals surface area contributed by atoms with Gasteiger partial charge in [-0.2, -0.15) is 0 Å². The molecule has 0 aromatic heterocycles. The van der Waals surface area contributed by atoms with Gasteiger partial charge in [0, 0.05) is 19.3 Å². The van der Waals surface area contributed by atoms with Crippen molar-refractivity contribution >= 4 is 25.7 Å². The van der Waals surface area contributed by atoms with E-state index in [1.807, 2.05) is 12.2 Å². The highest BCUT2D eigenvalue weighted by Gasteiger charge is 2.28. The zero-order valence-corrected chi connectivity index (χ0v) is 45.1. The smallest absolute Gasteiger partial charge is 0.462 e. The molecule has 2 N–H and O–H groups in total. The highest BCUT2D eigenvalue weighted by Crippen LogP contribution is 2.43. The molecule has 0 fully saturated rings. The molecule has 0 aliphatic carbocycles. The van der Waals surface area contributed by atoms with Crippen LogP contribution in [0.2, 0.25) is 0 Å². The van der Waals surface area contributed by atoms with E-state index < -0.39 is 57.8 Å². The lowest BCUT2D eigenvalue weighted by Crippen LogP contribution is -2.30. The third-order valence-electron chi connectivity index (χ3n) is 11.3. The van der Waals surface area contributed by atoms with Crippen molar-refractivity contribution in [3.8, 4) is 0 Å². The lowest BCUT2D eigenvalue weighted by molar-refractivity contribution is -0.161. The van der Waals surface area contributed by atoms with Gasteiger partial charge in [-0.25, -0.2) is 4.57 Å². The minimum atomic E-state index is -4.76. The van der Waals surface area contributed by atoms with Crippen molar-refractivity contribution in [3.63, 3.8) is 0 Å². The predicted molar refractivity (Wildman–Crippen MR) is 288 cm³/mol. The summed E-state index contributed by atoms with van der Waals surface area (Å²) in [5.74, 6) is -1.58. The number of hydrogen-bond donors (Lipinski definition) is 2. The fraction of sp³-hybridized carbons (Fsp3) is 0.707. The van der Waals surface area contributed by atoms with Crippen LogP contribution >= 0.6 is 7.82 Å². The van der Waals surface area contributed by atoms with E-state index >= 15 is 0 Å². The SMILES string of the molecule is CC/C=C\C/C=C\C/C=C\C/C=C\C/C=C\C/C=C\CCC(=O)OC(COC(=O)CCCCCCCCCCC)COP(=O)(O)OCC(CO)OC(=O)CCCCCCC/C=C\CCCCCCCC. The molecule has 0 bridgehead atoms. The zero-order valence-electron chi connectivity index (χ0n) is 44.2. The van der Waals surface area contributed by atoms with Crippen LogP contribution in [0.5, 0.6) is 0 Å². The molecule has 0 saturated heterocycles. The van der Waals surface area contributed by atoms with Crippen LogP contribution in [-0.2, 0) is 42.2 Å². The first-order valence-electron chi connectivity index (χ1n) is 27.5. The largest absolute Gasteiger partial charge is 0.472 e. The summed E-state index contributed by atoms with van der Waals surface area (Å²) in [6.45, 7) is 4.40. The average Bonchev–Trinajstić information content (AvgIpc) is 3.35. The Hall–Kier alpha value is -3.34. The monoisotopic (exact) mass is 1000 g/mol. The van der Waals surface area contributed by atoms with Crippen LogP contribution in [-0.4, -0.2) is 66.5 Å². The molecule has 0 amide bonds. The van der Waals surface area contributed by atoms with Gasteiger partial charge in [0.05, 0.1) is 19.8 Å². The number of aliphatic hydroxyl groups is 1. The maximum atomic E-state index is 12.9. The van der Waals surface area contributed by atoms with Gasteiger partial charge in [0.1, 0.15) is 12.7 Å². The van der Waals surface area contributed by atoms with Crippen LogP contribution < -0.4 is 0 Å². The molecule has 402 valence electrons. The van der Waals surface area contributed by atoms with Gasteiger partial charge in [-0.15, -0.1) is 0 Å². The van der Waals surface area contributed by atoms with Crippen LogP contribution in [0.4, 0.5) is 0 Å². The van der Waals surface area contributed by atoms with E-state index in [4.69, 9.17) is 23.3 Å². The third-order valence-corrected chi connectivity index (χ3v) is 12.3. The number of hydrogen-bond acceptors (Lipinski definition) is 10. The number of carbonyl (C=O) groups is 3. The molecule has 0 heterocycles. The first kappa shape index (κ1) is 66.7. The number of ether oxygens (including phenoxy) is 3. The summed E-state index contributed by atoms with van der Waals surface area (Å²) in [6.07, 6.45) is 58.6. The molecule has 0 aliphatic rings. The Morgan fingerprint density at radius 3 is 1.23 bits per heavy atom. The molecule has 0 radical (unpaired) electrons.